The zero-order chi connectivity index (χ0) is 12.2. The first kappa shape index (κ1) is 14.5. The van der Waals surface area contributed by atoms with Crippen LogP contribution in [0.15, 0.2) is 61.4 Å². The van der Waals surface area contributed by atoms with Gasteiger partial charge in [0, 0.05) is 0 Å². The molecule has 0 saturated carbocycles. The lowest BCUT2D eigenvalue weighted by Gasteiger charge is -2.06. The van der Waals surface area contributed by atoms with E-state index < -0.39 is 0 Å². The highest BCUT2D eigenvalue weighted by molar-refractivity contribution is 5.09. The van der Waals surface area contributed by atoms with E-state index in [0.29, 0.717) is 12.5 Å². The van der Waals surface area contributed by atoms with Gasteiger partial charge in [0.2, 0.25) is 0 Å². The van der Waals surface area contributed by atoms with Gasteiger partial charge in [0.1, 0.15) is 6.61 Å². The van der Waals surface area contributed by atoms with Crippen molar-refractivity contribution >= 4 is 0 Å². The van der Waals surface area contributed by atoms with Gasteiger partial charge in [-0.2, -0.15) is 0 Å². The van der Waals surface area contributed by atoms with Gasteiger partial charge >= 0.3 is 0 Å². The minimum Gasteiger partial charge on any atom is -0.494 e. The molecule has 0 aliphatic heterocycles. The van der Waals surface area contributed by atoms with Crippen LogP contribution in [0.4, 0.5) is 0 Å². The second-order valence-corrected chi connectivity index (χ2v) is 3.64. The Kier molecular flexibility index (Phi) is 9.09. The highest BCUT2D eigenvalue weighted by Crippen LogP contribution is 2.08. The third-order valence-electron chi connectivity index (χ3n) is 1.96. The Balaban J connectivity index is 3.83. The molecule has 0 rings (SSSR count). The molecule has 0 bridgehead atoms. The summed E-state index contributed by atoms with van der Waals surface area (Å²) in [6.07, 6.45) is 14.5. The van der Waals surface area contributed by atoms with E-state index >= 15 is 0 Å². The minimum absolute atomic E-state index is 0.488. The monoisotopic (exact) mass is 218 g/mol. The Morgan fingerprint density at radius 2 is 2.00 bits per heavy atom. The molecule has 1 atom stereocenters. The molecular weight excluding hydrogens is 196 g/mol. The standard InChI is InChI=1S/C15H22O/c1-5-7-8-9-10-12-16-15(4)13-14(3)11-6-2/h5-10,13-14H,1-2,11-12H2,3-4H3/b8-7-,10-9-,15-13+. The maximum Gasteiger partial charge on any atom is 0.106 e. The normalized spacial score (nSPS) is 14.2. The van der Waals surface area contributed by atoms with Crippen molar-refractivity contribution in [2.24, 2.45) is 5.92 Å². The smallest absolute Gasteiger partial charge is 0.106 e. The fourth-order valence-corrected chi connectivity index (χ4v) is 1.24. The van der Waals surface area contributed by atoms with Crippen LogP contribution in [-0.2, 0) is 4.74 Å². The van der Waals surface area contributed by atoms with Crippen LogP contribution in [0.3, 0.4) is 0 Å². The van der Waals surface area contributed by atoms with E-state index in [1.54, 1.807) is 6.08 Å². The fourth-order valence-electron chi connectivity index (χ4n) is 1.24. The van der Waals surface area contributed by atoms with Gasteiger partial charge in [-0.05, 0) is 31.4 Å². The van der Waals surface area contributed by atoms with Crippen molar-refractivity contribution < 1.29 is 4.74 Å². The maximum absolute atomic E-state index is 5.52. The molecule has 0 aliphatic carbocycles. The van der Waals surface area contributed by atoms with Crippen molar-refractivity contribution in [1.82, 2.24) is 0 Å². The summed E-state index contributed by atoms with van der Waals surface area (Å²) in [5.74, 6) is 1.45. The van der Waals surface area contributed by atoms with Crippen molar-refractivity contribution in [3.8, 4) is 0 Å². The molecule has 0 heterocycles. The molecule has 0 fully saturated rings. The quantitative estimate of drug-likeness (QED) is 0.333. The first-order chi connectivity index (χ1) is 7.70. The number of hydrogen-bond donors (Lipinski definition) is 0. The lowest BCUT2D eigenvalue weighted by molar-refractivity contribution is 0.246. The SMILES string of the molecule is C=C/C=C\C=C/CO/C(C)=C/C(C)CC=C. The largest absolute Gasteiger partial charge is 0.494 e. The van der Waals surface area contributed by atoms with E-state index in [1.165, 1.54) is 0 Å². The summed E-state index contributed by atoms with van der Waals surface area (Å²) in [5.41, 5.74) is 0. The Bertz CT molecular complexity index is 282. The average Bonchev–Trinajstić information content (AvgIpc) is 2.23. The summed E-state index contributed by atoms with van der Waals surface area (Å²) in [5, 5.41) is 0. The van der Waals surface area contributed by atoms with Crippen LogP contribution in [0.1, 0.15) is 20.3 Å². The van der Waals surface area contributed by atoms with Crippen molar-refractivity contribution in [2.75, 3.05) is 6.61 Å². The summed E-state index contributed by atoms with van der Waals surface area (Å²) < 4.78 is 5.52. The number of ether oxygens (including phenoxy) is 1. The van der Waals surface area contributed by atoms with Crippen LogP contribution in [0.5, 0.6) is 0 Å². The van der Waals surface area contributed by atoms with Gasteiger partial charge in [-0.3, -0.25) is 0 Å². The van der Waals surface area contributed by atoms with Crippen molar-refractivity contribution in [3.05, 3.63) is 61.4 Å². The summed E-state index contributed by atoms with van der Waals surface area (Å²) in [7, 11) is 0. The lowest BCUT2D eigenvalue weighted by Crippen LogP contribution is -1.93. The molecule has 0 N–H and O–H groups in total. The molecule has 88 valence electrons. The zero-order valence-corrected chi connectivity index (χ0v) is 10.4. The predicted molar refractivity (Wildman–Crippen MR) is 72.2 cm³/mol. The second-order valence-electron chi connectivity index (χ2n) is 3.64. The van der Waals surface area contributed by atoms with E-state index in [9.17, 15) is 0 Å². The highest BCUT2D eigenvalue weighted by atomic mass is 16.5. The fraction of sp³-hybridized carbons (Fsp3) is 0.333. The van der Waals surface area contributed by atoms with Crippen molar-refractivity contribution in [2.45, 2.75) is 20.3 Å². The first-order valence-electron chi connectivity index (χ1n) is 5.57. The molecule has 0 radical (unpaired) electrons. The zero-order valence-electron chi connectivity index (χ0n) is 10.4. The molecule has 0 aromatic rings. The summed E-state index contributed by atoms with van der Waals surface area (Å²) in [4.78, 5) is 0. The molecule has 1 unspecified atom stereocenters. The molecule has 1 heteroatoms. The van der Waals surface area contributed by atoms with Crippen LogP contribution < -0.4 is 0 Å². The van der Waals surface area contributed by atoms with Crippen LogP contribution in [0.2, 0.25) is 0 Å². The Hall–Kier alpha value is -1.50. The average molecular weight is 218 g/mol. The topological polar surface area (TPSA) is 9.23 Å². The van der Waals surface area contributed by atoms with E-state index in [1.807, 2.05) is 37.3 Å². The first-order valence-corrected chi connectivity index (χ1v) is 5.57. The number of allylic oxidation sites excluding steroid dienone is 7. The predicted octanol–water partition coefficient (Wildman–Crippen LogP) is 4.42. The van der Waals surface area contributed by atoms with Crippen LogP contribution in [0, 0.1) is 5.92 Å². The van der Waals surface area contributed by atoms with Gasteiger partial charge in [-0.25, -0.2) is 0 Å². The maximum atomic E-state index is 5.52. The third-order valence-corrected chi connectivity index (χ3v) is 1.96. The van der Waals surface area contributed by atoms with Gasteiger partial charge in [-0.1, -0.05) is 43.9 Å². The molecular formula is C15H22O. The van der Waals surface area contributed by atoms with Gasteiger partial charge in [-0.15, -0.1) is 6.58 Å². The van der Waals surface area contributed by atoms with E-state index in [-0.39, 0.29) is 0 Å². The second kappa shape index (κ2) is 10.0. The van der Waals surface area contributed by atoms with E-state index in [2.05, 4.69) is 26.2 Å². The van der Waals surface area contributed by atoms with Gasteiger partial charge in [0.25, 0.3) is 0 Å². The van der Waals surface area contributed by atoms with Crippen LogP contribution >= 0.6 is 0 Å². The molecule has 16 heavy (non-hydrogen) atoms. The van der Waals surface area contributed by atoms with Gasteiger partial charge in [0.15, 0.2) is 0 Å². The lowest BCUT2D eigenvalue weighted by atomic mass is 10.1. The Morgan fingerprint density at radius 3 is 2.62 bits per heavy atom. The van der Waals surface area contributed by atoms with Crippen LogP contribution in [0.25, 0.3) is 0 Å². The van der Waals surface area contributed by atoms with Crippen molar-refractivity contribution in [3.63, 3.8) is 0 Å². The molecule has 1 nitrogen and oxygen atoms in total. The van der Waals surface area contributed by atoms with E-state index in [0.717, 1.165) is 12.2 Å². The number of rotatable bonds is 8. The van der Waals surface area contributed by atoms with Crippen LogP contribution in [-0.4, -0.2) is 6.61 Å². The summed E-state index contributed by atoms with van der Waals surface area (Å²) in [6, 6.07) is 0. The van der Waals surface area contributed by atoms with Gasteiger partial charge < -0.3 is 4.74 Å². The van der Waals surface area contributed by atoms with Gasteiger partial charge in [0.05, 0.1) is 5.76 Å². The van der Waals surface area contributed by atoms with Crippen molar-refractivity contribution in [1.29, 1.82) is 0 Å². The molecule has 0 saturated heterocycles. The minimum atomic E-state index is 0.488. The highest BCUT2D eigenvalue weighted by Gasteiger charge is 1.95. The number of hydrogen-bond acceptors (Lipinski definition) is 1. The molecule has 0 amide bonds. The Labute approximate surface area is 99.5 Å². The molecule has 0 aromatic carbocycles. The summed E-state index contributed by atoms with van der Waals surface area (Å²) in [6.45, 7) is 12.0. The Morgan fingerprint density at radius 1 is 1.25 bits per heavy atom. The third kappa shape index (κ3) is 9.07. The molecule has 0 spiro atoms. The summed E-state index contributed by atoms with van der Waals surface area (Å²) >= 11 is 0. The molecule has 0 aliphatic rings. The molecule has 0 aromatic heterocycles. The van der Waals surface area contributed by atoms with E-state index in [4.69, 9.17) is 4.74 Å².